The van der Waals surface area contributed by atoms with E-state index in [1.165, 1.54) is 24.8 Å². The van der Waals surface area contributed by atoms with Crippen molar-refractivity contribution in [2.45, 2.75) is 57.8 Å². The van der Waals surface area contributed by atoms with Crippen LogP contribution >= 0.6 is 0 Å². The number of rotatable bonds is 8. The Hall–Kier alpha value is -3.21. The van der Waals surface area contributed by atoms with Crippen LogP contribution in [0.3, 0.4) is 0 Å². The zero-order chi connectivity index (χ0) is 22.2. The minimum Gasteiger partial charge on any atom is -0.497 e. The van der Waals surface area contributed by atoms with E-state index < -0.39 is 0 Å². The van der Waals surface area contributed by atoms with Crippen LogP contribution in [0.4, 0.5) is 4.79 Å². The van der Waals surface area contributed by atoms with Crippen LogP contribution < -0.4 is 10.1 Å². The number of amides is 2. The maximum atomic E-state index is 13.3. The highest BCUT2D eigenvalue weighted by molar-refractivity contribution is 5.74. The first-order valence-electron chi connectivity index (χ1n) is 11.6. The van der Waals surface area contributed by atoms with Gasteiger partial charge in [-0.3, -0.25) is 0 Å². The fourth-order valence-corrected chi connectivity index (χ4v) is 4.52. The Labute approximate surface area is 191 Å². The molecule has 0 aliphatic heterocycles. The molecule has 1 heterocycles. The van der Waals surface area contributed by atoms with Gasteiger partial charge >= 0.3 is 6.03 Å². The third-order valence-corrected chi connectivity index (χ3v) is 6.31. The lowest BCUT2D eigenvalue weighted by atomic mass is 9.94. The highest BCUT2D eigenvalue weighted by Gasteiger charge is 2.26. The Bertz CT molecular complexity index is 993. The summed E-state index contributed by atoms with van der Waals surface area (Å²) >= 11 is 0. The molecule has 2 amide bonds. The number of methoxy groups -OCH3 is 1. The number of nitrogens with zero attached hydrogens (tertiary/aromatic N) is 2. The molecular weight excluding hydrogens is 398 g/mol. The molecule has 5 heteroatoms. The van der Waals surface area contributed by atoms with E-state index in [9.17, 15) is 4.79 Å². The second kappa shape index (κ2) is 10.9. The molecule has 1 saturated carbocycles. The first-order valence-corrected chi connectivity index (χ1v) is 11.6. The normalized spacial score (nSPS) is 14.2. The molecule has 0 spiro atoms. The molecule has 1 aliphatic carbocycles. The van der Waals surface area contributed by atoms with Gasteiger partial charge in [0.15, 0.2) is 0 Å². The van der Waals surface area contributed by atoms with Gasteiger partial charge in [0, 0.05) is 31.0 Å². The molecule has 1 N–H and O–H groups in total. The number of carbonyl (C=O) groups excluding carboxylic acids is 1. The van der Waals surface area contributed by atoms with Crippen molar-refractivity contribution in [2.24, 2.45) is 0 Å². The van der Waals surface area contributed by atoms with Crippen LogP contribution in [0.15, 0.2) is 72.9 Å². The van der Waals surface area contributed by atoms with Gasteiger partial charge in [-0.25, -0.2) is 4.79 Å². The zero-order valence-corrected chi connectivity index (χ0v) is 18.9. The van der Waals surface area contributed by atoms with Crippen molar-refractivity contribution in [1.82, 2.24) is 14.8 Å². The van der Waals surface area contributed by atoms with E-state index in [4.69, 9.17) is 4.74 Å². The van der Waals surface area contributed by atoms with Gasteiger partial charge in [-0.05, 0) is 48.2 Å². The second-order valence-electron chi connectivity index (χ2n) is 8.54. The summed E-state index contributed by atoms with van der Waals surface area (Å²) in [4.78, 5) is 15.3. The minimum absolute atomic E-state index is 0.0230. The summed E-state index contributed by atoms with van der Waals surface area (Å²) in [7, 11) is 1.69. The summed E-state index contributed by atoms with van der Waals surface area (Å²) in [6.45, 7) is 1.92. The number of aromatic nitrogens is 1. The van der Waals surface area contributed by atoms with Crippen molar-refractivity contribution in [2.75, 3.05) is 7.11 Å². The maximum Gasteiger partial charge on any atom is 0.318 e. The van der Waals surface area contributed by atoms with Gasteiger partial charge in [0.25, 0.3) is 0 Å². The standard InChI is InChI=1S/C27H33N3O2/c1-32-26-16-8-12-23(18-26)20-29-17-9-15-25(29)21-30(24-13-6-3-7-14-24)27(31)28-19-22-10-4-2-5-11-22/h2,4-5,8-12,15-18,24H,3,6-7,13-14,19-21H2,1H3,(H,28,31). The van der Waals surface area contributed by atoms with Crippen molar-refractivity contribution < 1.29 is 9.53 Å². The third-order valence-electron chi connectivity index (χ3n) is 6.31. The van der Waals surface area contributed by atoms with Gasteiger partial charge in [-0.2, -0.15) is 0 Å². The van der Waals surface area contributed by atoms with Crippen LogP contribution in [0.1, 0.15) is 48.9 Å². The first kappa shape index (κ1) is 22.0. The van der Waals surface area contributed by atoms with E-state index in [-0.39, 0.29) is 6.03 Å². The molecule has 0 unspecified atom stereocenters. The Morgan fingerprint density at radius 3 is 2.56 bits per heavy atom. The second-order valence-corrected chi connectivity index (χ2v) is 8.54. The van der Waals surface area contributed by atoms with Gasteiger partial charge in [0.2, 0.25) is 0 Å². The van der Waals surface area contributed by atoms with Gasteiger partial charge in [0.05, 0.1) is 13.7 Å². The average Bonchev–Trinajstić information content (AvgIpc) is 3.28. The molecule has 0 atom stereocenters. The van der Waals surface area contributed by atoms with Crippen molar-refractivity contribution in [3.63, 3.8) is 0 Å². The predicted octanol–water partition coefficient (Wildman–Crippen LogP) is 5.59. The molecule has 0 bridgehead atoms. The summed E-state index contributed by atoms with van der Waals surface area (Å²) in [6, 6.07) is 22.8. The topological polar surface area (TPSA) is 46.5 Å². The Kier molecular flexibility index (Phi) is 7.49. The lowest BCUT2D eigenvalue weighted by Gasteiger charge is -2.34. The van der Waals surface area contributed by atoms with Gasteiger partial charge in [-0.1, -0.05) is 61.7 Å². The molecule has 32 heavy (non-hydrogen) atoms. The molecule has 1 fully saturated rings. The maximum absolute atomic E-state index is 13.3. The molecular formula is C27H33N3O2. The summed E-state index contributed by atoms with van der Waals surface area (Å²) in [5.74, 6) is 0.861. The SMILES string of the molecule is COc1cccc(Cn2cccc2CN(C(=O)NCc2ccccc2)C2CCCCC2)c1. The Morgan fingerprint density at radius 2 is 1.78 bits per heavy atom. The number of hydrogen-bond donors (Lipinski definition) is 1. The molecule has 2 aromatic carbocycles. The number of ether oxygens (including phenoxy) is 1. The van der Waals surface area contributed by atoms with Crippen molar-refractivity contribution in [3.05, 3.63) is 89.7 Å². The van der Waals surface area contributed by atoms with E-state index >= 15 is 0 Å². The number of urea groups is 1. The molecule has 4 rings (SSSR count). The van der Waals surface area contributed by atoms with E-state index in [1.54, 1.807) is 7.11 Å². The Morgan fingerprint density at radius 1 is 1.00 bits per heavy atom. The molecule has 5 nitrogen and oxygen atoms in total. The predicted molar refractivity (Wildman–Crippen MR) is 128 cm³/mol. The summed E-state index contributed by atoms with van der Waals surface area (Å²) in [5, 5.41) is 3.15. The lowest BCUT2D eigenvalue weighted by molar-refractivity contribution is 0.149. The minimum atomic E-state index is 0.0230. The monoisotopic (exact) mass is 431 g/mol. The average molecular weight is 432 g/mol. The smallest absolute Gasteiger partial charge is 0.318 e. The van der Waals surface area contributed by atoms with Crippen LogP contribution in [0.5, 0.6) is 5.75 Å². The van der Waals surface area contributed by atoms with Crippen LogP contribution in [0.2, 0.25) is 0 Å². The number of carbonyl (C=O) groups is 1. The quantitative estimate of drug-likeness (QED) is 0.505. The Balaban J connectivity index is 1.48. The van der Waals surface area contributed by atoms with Crippen LogP contribution in [-0.2, 0) is 19.6 Å². The number of nitrogens with one attached hydrogen (secondary N) is 1. The van der Waals surface area contributed by atoms with Crippen molar-refractivity contribution in [1.29, 1.82) is 0 Å². The fourth-order valence-electron chi connectivity index (χ4n) is 4.52. The molecule has 0 radical (unpaired) electrons. The summed E-state index contributed by atoms with van der Waals surface area (Å²) in [5.41, 5.74) is 3.44. The van der Waals surface area contributed by atoms with Gasteiger partial charge < -0.3 is 19.5 Å². The lowest BCUT2D eigenvalue weighted by Crippen LogP contribution is -2.46. The van der Waals surface area contributed by atoms with Crippen LogP contribution in [-0.4, -0.2) is 28.6 Å². The zero-order valence-electron chi connectivity index (χ0n) is 18.9. The van der Waals surface area contributed by atoms with Crippen LogP contribution in [0, 0.1) is 0 Å². The third kappa shape index (κ3) is 5.72. The molecule has 1 aromatic heterocycles. The summed E-state index contributed by atoms with van der Waals surface area (Å²) in [6.07, 6.45) is 7.90. The van der Waals surface area contributed by atoms with E-state index in [1.807, 2.05) is 42.5 Å². The summed E-state index contributed by atoms with van der Waals surface area (Å²) < 4.78 is 7.60. The van der Waals surface area contributed by atoms with E-state index in [0.29, 0.717) is 19.1 Å². The van der Waals surface area contributed by atoms with Crippen molar-refractivity contribution in [3.8, 4) is 5.75 Å². The fraction of sp³-hybridized carbons (Fsp3) is 0.370. The molecule has 1 aliphatic rings. The van der Waals surface area contributed by atoms with E-state index in [0.717, 1.165) is 36.4 Å². The van der Waals surface area contributed by atoms with Gasteiger partial charge in [-0.15, -0.1) is 0 Å². The number of benzene rings is 2. The highest BCUT2D eigenvalue weighted by atomic mass is 16.5. The number of hydrogen-bond acceptors (Lipinski definition) is 2. The molecule has 168 valence electrons. The largest absolute Gasteiger partial charge is 0.497 e. The first-order chi connectivity index (χ1) is 15.7. The molecule has 0 saturated heterocycles. The van der Waals surface area contributed by atoms with Crippen LogP contribution in [0.25, 0.3) is 0 Å². The van der Waals surface area contributed by atoms with Gasteiger partial charge in [0.1, 0.15) is 5.75 Å². The molecule has 3 aromatic rings. The van der Waals surface area contributed by atoms with Crippen molar-refractivity contribution >= 4 is 6.03 Å². The highest BCUT2D eigenvalue weighted by Crippen LogP contribution is 2.25. The van der Waals surface area contributed by atoms with E-state index in [2.05, 4.69) is 45.2 Å².